The first-order valence-corrected chi connectivity index (χ1v) is 11.9. The Morgan fingerprint density at radius 2 is 1.81 bits per heavy atom. The minimum Gasteiger partial charge on any atom is -0.505 e. The number of aromatic hydroxyl groups is 1. The standard InChI is InChI=1S/C21H18N4O9S2/c1-12-9-15(36(30,31)32)11-18(19(12)26)23-25-20(13-5-3-2-4-6-13)24-22-17-10-14(35-34-33-29)7-8-16(17)21(27)28/h2-11,23,26,29H,1H3,(H,27,28)(H,30,31,32). The van der Waals surface area contributed by atoms with E-state index in [0.29, 0.717) is 22.5 Å². The Labute approximate surface area is 208 Å². The molecule has 13 nitrogen and oxygen atoms in total. The third kappa shape index (κ3) is 6.85. The van der Waals surface area contributed by atoms with Crippen LogP contribution in [0.25, 0.3) is 0 Å². The SMILES string of the molecule is Cc1cc(S(=O)(=O)O)cc(NN=C(N=Nc2cc(SOOO)ccc2C(=O)O)c2ccccc2)c1O. The summed E-state index contributed by atoms with van der Waals surface area (Å²) in [6.07, 6.45) is 0. The summed E-state index contributed by atoms with van der Waals surface area (Å²) in [4.78, 5) is 11.5. The molecule has 0 radical (unpaired) electrons. The van der Waals surface area contributed by atoms with Crippen molar-refractivity contribution < 1.29 is 42.6 Å². The highest BCUT2D eigenvalue weighted by atomic mass is 32.2. The molecule has 5 N–H and O–H groups in total. The van der Waals surface area contributed by atoms with E-state index in [1.165, 1.54) is 25.1 Å². The molecule has 3 rings (SSSR count). The fourth-order valence-corrected chi connectivity index (χ4v) is 3.79. The Hall–Kier alpha value is -3.86. The van der Waals surface area contributed by atoms with E-state index in [4.69, 9.17) is 5.26 Å². The third-order valence-electron chi connectivity index (χ3n) is 4.50. The van der Waals surface area contributed by atoms with E-state index < -0.39 is 21.0 Å². The number of benzene rings is 3. The molecule has 0 heterocycles. The molecule has 0 saturated carbocycles. The Kier molecular flexibility index (Phi) is 8.70. The van der Waals surface area contributed by atoms with Gasteiger partial charge in [0.25, 0.3) is 10.1 Å². The number of amidine groups is 1. The number of carboxylic acid groups (broad SMARTS) is 1. The van der Waals surface area contributed by atoms with Crippen LogP contribution in [0.5, 0.6) is 5.75 Å². The Morgan fingerprint density at radius 3 is 2.44 bits per heavy atom. The van der Waals surface area contributed by atoms with Crippen molar-refractivity contribution in [2.45, 2.75) is 16.7 Å². The fourth-order valence-electron chi connectivity index (χ4n) is 2.81. The van der Waals surface area contributed by atoms with Crippen LogP contribution in [0.4, 0.5) is 11.4 Å². The van der Waals surface area contributed by atoms with Gasteiger partial charge in [0, 0.05) is 10.5 Å². The van der Waals surface area contributed by atoms with Gasteiger partial charge in [-0.05, 0) is 42.8 Å². The van der Waals surface area contributed by atoms with E-state index in [9.17, 15) is 28.0 Å². The number of carboxylic acids is 1. The summed E-state index contributed by atoms with van der Waals surface area (Å²) in [6, 6.07) is 14.4. The molecule has 0 unspecified atom stereocenters. The molecule has 0 bridgehead atoms. The number of nitrogens with one attached hydrogen (secondary N) is 1. The molecule has 0 spiro atoms. The topological polar surface area (TPSA) is 200 Å². The number of phenolic OH excluding ortho intramolecular Hbond substituents is 1. The summed E-state index contributed by atoms with van der Waals surface area (Å²) in [5, 5.41) is 43.7. The summed E-state index contributed by atoms with van der Waals surface area (Å²) in [5.74, 6) is -1.66. The maximum atomic E-state index is 11.6. The molecule has 0 atom stereocenters. The first-order valence-electron chi connectivity index (χ1n) is 9.74. The van der Waals surface area contributed by atoms with Crippen LogP contribution >= 0.6 is 12.0 Å². The number of aryl methyl sites for hydroxylation is 1. The van der Waals surface area contributed by atoms with Crippen molar-refractivity contribution in [3.8, 4) is 5.75 Å². The van der Waals surface area contributed by atoms with Crippen LogP contribution in [-0.4, -0.2) is 40.2 Å². The molecule has 36 heavy (non-hydrogen) atoms. The number of phenols is 1. The van der Waals surface area contributed by atoms with E-state index in [1.807, 2.05) is 0 Å². The lowest BCUT2D eigenvalue weighted by Crippen LogP contribution is -2.04. The molecule has 0 aliphatic carbocycles. The second kappa shape index (κ2) is 11.7. The summed E-state index contributed by atoms with van der Waals surface area (Å²) < 4.78 is 36.8. The number of hydrogen-bond donors (Lipinski definition) is 5. The number of nitrogens with zero attached hydrogens (tertiary/aromatic N) is 3. The zero-order chi connectivity index (χ0) is 26.3. The van der Waals surface area contributed by atoms with Gasteiger partial charge in [0.15, 0.2) is 0 Å². The zero-order valence-electron chi connectivity index (χ0n) is 18.3. The fraction of sp³-hybridized carbons (Fsp3) is 0.0476. The van der Waals surface area contributed by atoms with Crippen LogP contribution in [0.3, 0.4) is 0 Å². The Morgan fingerprint density at radius 1 is 1.08 bits per heavy atom. The summed E-state index contributed by atoms with van der Waals surface area (Å²) in [5.41, 5.74) is 2.68. The lowest BCUT2D eigenvalue weighted by atomic mass is 10.2. The van der Waals surface area contributed by atoms with Gasteiger partial charge in [-0.1, -0.05) is 35.4 Å². The van der Waals surface area contributed by atoms with Gasteiger partial charge in [-0.3, -0.25) is 9.98 Å². The molecule has 0 fully saturated rings. The average molecular weight is 535 g/mol. The second-order valence-electron chi connectivity index (χ2n) is 6.93. The lowest BCUT2D eigenvalue weighted by molar-refractivity contribution is -0.432. The monoisotopic (exact) mass is 534 g/mol. The highest BCUT2D eigenvalue weighted by Gasteiger charge is 2.16. The van der Waals surface area contributed by atoms with E-state index in [2.05, 4.69) is 30.1 Å². The molecular formula is C21H18N4O9S2. The largest absolute Gasteiger partial charge is 0.505 e. The number of azo groups is 1. The average Bonchev–Trinajstić information content (AvgIpc) is 2.84. The van der Waals surface area contributed by atoms with Crippen LogP contribution in [0, 0.1) is 6.92 Å². The van der Waals surface area contributed by atoms with Crippen molar-refractivity contribution in [2.24, 2.45) is 15.3 Å². The molecule has 0 aliphatic rings. The normalized spacial score (nSPS) is 12.1. The quantitative estimate of drug-likeness (QED) is 0.0374. The highest BCUT2D eigenvalue weighted by Crippen LogP contribution is 2.31. The second-order valence-corrected chi connectivity index (χ2v) is 9.13. The van der Waals surface area contributed by atoms with Crippen LogP contribution in [0.15, 0.2) is 85.8 Å². The maximum Gasteiger partial charge on any atom is 0.337 e. The van der Waals surface area contributed by atoms with E-state index in [0.717, 1.165) is 12.1 Å². The smallest absolute Gasteiger partial charge is 0.337 e. The number of rotatable bonds is 9. The van der Waals surface area contributed by atoms with Crippen molar-refractivity contribution in [3.63, 3.8) is 0 Å². The third-order valence-corrected chi connectivity index (χ3v) is 5.91. The minimum atomic E-state index is -4.56. The first-order chi connectivity index (χ1) is 17.1. The minimum absolute atomic E-state index is 0.0609. The van der Waals surface area contributed by atoms with Crippen LogP contribution in [-0.2, 0) is 19.5 Å². The zero-order valence-corrected chi connectivity index (χ0v) is 19.9. The van der Waals surface area contributed by atoms with Crippen molar-refractivity contribution in [2.75, 3.05) is 5.43 Å². The van der Waals surface area contributed by atoms with Crippen molar-refractivity contribution in [3.05, 3.63) is 77.4 Å². The molecule has 3 aromatic carbocycles. The first kappa shape index (κ1) is 26.7. The summed E-state index contributed by atoms with van der Waals surface area (Å²) in [6.45, 7) is 1.43. The summed E-state index contributed by atoms with van der Waals surface area (Å²) in [7, 11) is -4.56. The van der Waals surface area contributed by atoms with Gasteiger partial charge in [0.05, 0.1) is 28.2 Å². The van der Waals surface area contributed by atoms with E-state index in [1.54, 1.807) is 30.3 Å². The van der Waals surface area contributed by atoms with Gasteiger partial charge < -0.3 is 10.2 Å². The highest BCUT2D eigenvalue weighted by molar-refractivity contribution is 7.94. The Bertz CT molecular complexity index is 1430. The molecule has 0 saturated heterocycles. The van der Waals surface area contributed by atoms with Gasteiger partial charge in [-0.15, -0.1) is 14.6 Å². The number of anilines is 1. The molecule has 188 valence electrons. The van der Waals surface area contributed by atoms with Crippen molar-refractivity contribution in [1.29, 1.82) is 0 Å². The summed E-state index contributed by atoms with van der Waals surface area (Å²) >= 11 is 0.593. The molecule has 3 aromatic rings. The van der Waals surface area contributed by atoms with Gasteiger partial charge in [0.1, 0.15) is 11.4 Å². The van der Waals surface area contributed by atoms with Crippen LogP contribution < -0.4 is 5.43 Å². The van der Waals surface area contributed by atoms with Gasteiger partial charge >= 0.3 is 5.97 Å². The van der Waals surface area contributed by atoms with Crippen molar-refractivity contribution in [1.82, 2.24) is 0 Å². The molecule has 15 heteroatoms. The van der Waals surface area contributed by atoms with Crippen LogP contribution in [0.1, 0.15) is 21.5 Å². The molecule has 0 amide bonds. The maximum absolute atomic E-state index is 11.6. The number of carbonyl (C=O) groups is 1. The Balaban J connectivity index is 2.04. The van der Waals surface area contributed by atoms with Gasteiger partial charge in [-0.25, -0.2) is 10.1 Å². The van der Waals surface area contributed by atoms with Gasteiger partial charge in [0.2, 0.25) is 5.84 Å². The number of aromatic carboxylic acids is 1. The van der Waals surface area contributed by atoms with Crippen molar-refractivity contribution >= 4 is 45.3 Å². The number of hydrogen-bond acceptors (Lipinski definition) is 11. The van der Waals surface area contributed by atoms with E-state index in [-0.39, 0.29) is 34.1 Å². The molecular weight excluding hydrogens is 516 g/mol. The van der Waals surface area contributed by atoms with E-state index >= 15 is 0 Å². The predicted octanol–water partition coefficient (Wildman–Crippen LogP) is 4.63. The molecule has 0 aliphatic heterocycles. The van der Waals surface area contributed by atoms with Gasteiger partial charge in [-0.2, -0.15) is 13.5 Å². The lowest BCUT2D eigenvalue weighted by Gasteiger charge is -2.10. The molecule has 0 aromatic heterocycles. The predicted molar refractivity (Wildman–Crippen MR) is 128 cm³/mol. The number of hydrazone groups is 1. The van der Waals surface area contributed by atoms with Crippen LogP contribution in [0.2, 0.25) is 0 Å².